The number of piperidine rings is 1. The largest absolute Gasteiger partial charge is 0.454 e. The van der Waals surface area contributed by atoms with Gasteiger partial charge in [0.05, 0.1) is 11.6 Å². The molecule has 5 rings (SSSR count). The zero-order valence-corrected chi connectivity index (χ0v) is 17.4. The van der Waals surface area contributed by atoms with Gasteiger partial charge in [-0.05, 0) is 48.7 Å². The molecule has 1 atom stereocenters. The van der Waals surface area contributed by atoms with Crippen LogP contribution in [0.2, 0.25) is 0 Å². The maximum absolute atomic E-state index is 13.0. The molecular formula is C23H23N5O4. The van der Waals surface area contributed by atoms with Crippen LogP contribution >= 0.6 is 0 Å². The highest BCUT2D eigenvalue weighted by Crippen LogP contribution is 2.32. The number of fused-ring (bicyclic) bond motifs is 1. The summed E-state index contributed by atoms with van der Waals surface area (Å²) in [6, 6.07) is 11.1. The van der Waals surface area contributed by atoms with Crippen LogP contribution in [0.5, 0.6) is 11.5 Å². The lowest BCUT2D eigenvalue weighted by molar-refractivity contribution is -0.126. The summed E-state index contributed by atoms with van der Waals surface area (Å²) in [5, 5.41) is 10.1. The number of hydrogen-bond donors (Lipinski definition) is 2. The van der Waals surface area contributed by atoms with Crippen LogP contribution in [0.1, 0.15) is 28.9 Å². The summed E-state index contributed by atoms with van der Waals surface area (Å²) in [7, 11) is 0. The van der Waals surface area contributed by atoms with Gasteiger partial charge >= 0.3 is 0 Å². The lowest BCUT2D eigenvalue weighted by Crippen LogP contribution is -2.45. The number of rotatable bonds is 5. The van der Waals surface area contributed by atoms with Gasteiger partial charge in [-0.1, -0.05) is 6.07 Å². The van der Waals surface area contributed by atoms with Gasteiger partial charge in [-0.2, -0.15) is 5.10 Å². The molecule has 2 aliphatic rings. The molecule has 0 bridgehead atoms. The SMILES string of the molecule is O=C(NCc1ccc2c(c1)OCO2)C1CCCN(C(=O)c2cc(-c3ccncc3)[nH]n2)C1. The molecule has 4 heterocycles. The normalized spacial score (nSPS) is 17.2. The second-order valence-corrected chi connectivity index (χ2v) is 7.90. The van der Waals surface area contributed by atoms with Crippen molar-refractivity contribution in [2.75, 3.05) is 19.9 Å². The van der Waals surface area contributed by atoms with Crippen molar-refractivity contribution in [3.05, 3.63) is 60.0 Å². The Hall–Kier alpha value is -3.88. The molecule has 1 saturated heterocycles. The number of carbonyl (C=O) groups is 2. The molecule has 0 spiro atoms. The molecule has 0 aliphatic carbocycles. The molecule has 2 N–H and O–H groups in total. The van der Waals surface area contributed by atoms with Crippen LogP contribution in [0.15, 0.2) is 48.8 Å². The average molecular weight is 433 g/mol. The van der Waals surface area contributed by atoms with Crippen LogP contribution in [-0.4, -0.2) is 51.8 Å². The van der Waals surface area contributed by atoms with E-state index < -0.39 is 0 Å². The van der Waals surface area contributed by atoms with Crippen LogP contribution in [-0.2, 0) is 11.3 Å². The van der Waals surface area contributed by atoms with Gasteiger partial charge < -0.3 is 19.7 Å². The standard InChI is InChI=1S/C23H23N5O4/c29-22(25-12-15-3-4-20-21(10-15)32-14-31-20)17-2-1-9-28(13-17)23(30)19-11-18(26-27-19)16-5-7-24-8-6-16/h3-8,10-11,17H,1-2,9,12-14H2,(H,25,29)(H,26,27). The third-order valence-electron chi connectivity index (χ3n) is 5.77. The van der Waals surface area contributed by atoms with E-state index in [0.717, 1.165) is 29.7 Å². The van der Waals surface area contributed by atoms with E-state index >= 15 is 0 Å². The van der Waals surface area contributed by atoms with Crippen LogP contribution in [0.4, 0.5) is 0 Å². The minimum absolute atomic E-state index is 0.0559. The molecule has 32 heavy (non-hydrogen) atoms. The number of nitrogens with one attached hydrogen (secondary N) is 2. The van der Waals surface area contributed by atoms with Gasteiger partial charge in [0.25, 0.3) is 5.91 Å². The Morgan fingerprint density at radius 3 is 2.84 bits per heavy atom. The maximum atomic E-state index is 13.0. The van der Waals surface area contributed by atoms with E-state index in [-0.39, 0.29) is 24.5 Å². The Labute approximate surface area is 184 Å². The van der Waals surface area contributed by atoms with E-state index in [1.807, 2.05) is 30.3 Å². The molecule has 164 valence electrons. The number of carbonyl (C=O) groups excluding carboxylic acids is 2. The third-order valence-corrected chi connectivity index (χ3v) is 5.77. The first-order valence-electron chi connectivity index (χ1n) is 10.6. The second-order valence-electron chi connectivity index (χ2n) is 7.90. The Balaban J connectivity index is 1.19. The Bertz CT molecular complexity index is 1130. The summed E-state index contributed by atoms with van der Waals surface area (Å²) in [5.41, 5.74) is 2.95. The zero-order valence-electron chi connectivity index (χ0n) is 17.4. The number of aromatic nitrogens is 3. The third kappa shape index (κ3) is 4.14. The number of ether oxygens (including phenoxy) is 2. The number of likely N-dealkylation sites (tertiary alicyclic amines) is 1. The second kappa shape index (κ2) is 8.70. The predicted octanol–water partition coefficient (Wildman–Crippen LogP) is 2.37. The lowest BCUT2D eigenvalue weighted by Gasteiger charge is -2.31. The van der Waals surface area contributed by atoms with Crippen molar-refractivity contribution < 1.29 is 19.1 Å². The number of H-pyrrole nitrogens is 1. The van der Waals surface area contributed by atoms with E-state index in [9.17, 15) is 9.59 Å². The molecule has 1 fully saturated rings. The molecule has 9 heteroatoms. The molecular weight excluding hydrogens is 410 g/mol. The maximum Gasteiger partial charge on any atom is 0.274 e. The van der Waals surface area contributed by atoms with Gasteiger partial charge in [-0.25, -0.2) is 0 Å². The van der Waals surface area contributed by atoms with Gasteiger partial charge in [0.2, 0.25) is 12.7 Å². The summed E-state index contributed by atoms with van der Waals surface area (Å²) in [6.45, 7) is 1.61. The van der Waals surface area contributed by atoms with E-state index in [0.29, 0.717) is 36.8 Å². The molecule has 2 aliphatic heterocycles. The highest BCUT2D eigenvalue weighted by atomic mass is 16.7. The van der Waals surface area contributed by atoms with Gasteiger partial charge in [-0.3, -0.25) is 19.7 Å². The molecule has 3 aromatic rings. The van der Waals surface area contributed by atoms with Gasteiger partial charge in [0, 0.05) is 37.6 Å². The topological polar surface area (TPSA) is 109 Å². The smallest absolute Gasteiger partial charge is 0.274 e. The van der Waals surface area contributed by atoms with E-state index in [1.54, 1.807) is 23.4 Å². The number of pyridine rings is 1. The van der Waals surface area contributed by atoms with Crippen LogP contribution in [0, 0.1) is 5.92 Å². The molecule has 1 unspecified atom stereocenters. The minimum Gasteiger partial charge on any atom is -0.454 e. The van der Waals surface area contributed by atoms with Crippen molar-refractivity contribution in [3.8, 4) is 22.8 Å². The molecule has 0 saturated carbocycles. The van der Waals surface area contributed by atoms with Crippen LogP contribution in [0.25, 0.3) is 11.3 Å². The number of benzene rings is 1. The lowest BCUT2D eigenvalue weighted by atomic mass is 9.96. The first-order chi connectivity index (χ1) is 15.7. The number of hydrogen-bond acceptors (Lipinski definition) is 6. The summed E-state index contributed by atoms with van der Waals surface area (Å²) in [6.07, 6.45) is 4.90. The monoisotopic (exact) mass is 433 g/mol. The predicted molar refractivity (Wildman–Crippen MR) is 115 cm³/mol. The van der Waals surface area contributed by atoms with Gasteiger partial charge in [-0.15, -0.1) is 0 Å². The van der Waals surface area contributed by atoms with E-state index in [4.69, 9.17) is 9.47 Å². The van der Waals surface area contributed by atoms with Crippen LogP contribution < -0.4 is 14.8 Å². The molecule has 0 radical (unpaired) electrons. The minimum atomic E-state index is -0.250. The fraction of sp³-hybridized carbons (Fsp3) is 0.304. The van der Waals surface area contributed by atoms with Crippen molar-refractivity contribution in [2.45, 2.75) is 19.4 Å². The van der Waals surface area contributed by atoms with E-state index in [1.165, 1.54) is 0 Å². The highest BCUT2D eigenvalue weighted by molar-refractivity contribution is 5.94. The van der Waals surface area contributed by atoms with E-state index in [2.05, 4.69) is 20.5 Å². The quantitative estimate of drug-likeness (QED) is 0.639. The van der Waals surface area contributed by atoms with Gasteiger partial charge in [0.1, 0.15) is 0 Å². The summed E-state index contributed by atoms with van der Waals surface area (Å²) in [5.74, 6) is 0.929. The van der Waals surface area contributed by atoms with Gasteiger partial charge in [0.15, 0.2) is 17.2 Å². The highest BCUT2D eigenvalue weighted by Gasteiger charge is 2.30. The molecule has 2 amide bonds. The van der Waals surface area contributed by atoms with Crippen molar-refractivity contribution in [2.24, 2.45) is 5.92 Å². The molecule has 1 aromatic carbocycles. The number of amides is 2. The van der Waals surface area contributed by atoms with Crippen molar-refractivity contribution >= 4 is 11.8 Å². The number of aromatic amines is 1. The fourth-order valence-electron chi connectivity index (χ4n) is 4.03. The first kappa shape index (κ1) is 20.0. The summed E-state index contributed by atoms with van der Waals surface area (Å²) < 4.78 is 10.7. The molecule has 9 nitrogen and oxygen atoms in total. The summed E-state index contributed by atoms with van der Waals surface area (Å²) >= 11 is 0. The average Bonchev–Trinajstić information content (AvgIpc) is 3.52. The molecule has 2 aromatic heterocycles. The van der Waals surface area contributed by atoms with Crippen molar-refractivity contribution in [1.29, 1.82) is 0 Å². The Morgan fingerprint density at radius 2 is 1.97 bits per heavy atom. The number of nitrogens with zero attached hydrogens (tertiary/aromatic N) is 3. The Kier molecular flexibility index (Phi) is 5.45. The van der Waals surface area contributed by atoms with Crippen LogP contribution in [0.3, 0.4) is 0 Å². The Morgan fingerprint density at radius 1 is 1.12 bits per heavy atom. The van der Waals surface area contributed by atoms with Crippen molar-refractivity contribution in [1.82, 2.24) is 25.4 Å². The van der Waals surface area contributed by atoms with Crippen molar-refractivity contribution in [3.63, 3.8) is 0 Å². The summed E-state index contributed by atoms with van der Waals surface area (Å²) in [4.78, 5) is 31.5. The fourth-order valence-corrected chi connectivity index (χ4v) is 4.03. The first-order valence-corrected chi connectivity index (χ1v) is 10.6. The zero-order chi connectivity index (χ0) is 21.9.